The Labute approximate surface area is 128 Å². The Morgan fingerprint density at radius 3 is 2.48 bits per heavy atom. The monoisotopic (exact) mass is 289 g/mol. The molecule has 0 aromatic heterocycles. The highest BCUT2D eigenvalue weighted by atomic mass is 16.7. The lowest BCUT2D eigenvalue weighted by Gasteiger charge is -2.31. The van der Waals surface area contributed by atoms with Crippen molar-refractivity contribution in [2.24, 2.45) is 5.41 Å². The third kappa shape index (κ3) is 3.41. The van der Waals surface area contributed by atoms with Crippen molar-refractivity contribution >= 4 is 5.69 Å². The third-order valence-corrected chi connectivity index (χ3v) is 4.81. The topological polar surface area (TPSA) is 21.7 Å². The highest BCUT2D eigenvalue weighted by molar-refractivity contribution is 5.55. The van der Waals surface area contributed by atoms with Crippen LogP contribution in [0, 0.1) is 5.41 Å². The Morgan fingerprint density at radius 1 is 1.10 bits per heavy atom. The van der Waals surface area contributed by atoms with E-state index in [1.165, 1.54) is 36.9 Å². The van der Waals surface area contributed by atoms with E-state index in [1.54, 1.807) is 0 Å². The summed E-state index contributed by atoms with van der Waals surface area (Å²) in [5, 5.41) is 0. The van der Waals surface area contributed by atoms with Gasteiger partial charge in [-0.25, -0.2) is 0 Å². The fourth-order valence-electron chi connectivity index (χ4n) is 3.45. The van der Waals surface area contributed by atoms with Crippen LogP contribution in [0.25, 0.3) is 0 Å². The molecule has 0 bridgehead atoms. The molecule has 3 heteroatoms. The predicted molar refractivity (Wildman–Crippen MR) is 85.7 cm³/mol. The first-order valence-electron chi connectivity index (χ1n) is 8.32. The van der Waals surface area contributed by atoms with Crippen LogP contribution in [0.1, 0.15) is 38.7 Å². The number of hydrogen-bond donors (Lipinski definition) is 0. The number of aryl methyl sites for hydroxylation is 1. The zero-order valence-corrected chi connectivity index (χ0v) is 13.3. The summed E-state index contributed by atoms with van der Waals surface area (Å²) in [6, 6.07) is 8.84. The maximum absolute atomic E-state index is 5.77. The lowest BCUT2D eigenvalue weighted by Crippen LogP contribution is -2.38. The summed E-state index contributed by atoms with van der Waals surface area (Å²) in [4.78, 5) is 2.51. The molecule has 1 spiro atoms. The molecule has 3 nitrogen and oxygen atoms in total. The van der Waals surface area contributed by atoms with Gasteiger partial charge in [-0.1, -0.05) is 18.2 Å². The van der Waals surface area contributed by atoms with Crippen LogP contribution in [0.4, 0.5) is 5.69 Å². The second-order valence-electron chi connectivity index (χ2n) is 6.35. The summed E-state index contributed by atoms with van der Waals surface area (Å²) in [5.74, 6) is 0. The van der Waals surface area contributed by atoms with Crippen LogP contribution < -0.4 is 4.90 Å². The fraction of sp³-hybridized carbons (Fsp3) is 0.667. The first kappa shape index (κ1) is 14.9. The van der Waals surface area contributed by atoms with Crippen molar-refractivity contribution in [3.05, 3.63) is 29.8 Å². The van der Waals surface area contributed by atoms with E-state index in [-0.39, 0.29) is 6.29 Å². The minimum absolute atomic E-state index is 0.123. The van der Waals surface area contributed by atoms with E-state index in [0.717, 1.165) is 13.1 Å². The van der Waals surface area contributed by atoms with E-state index in [4.69, 9.17) is 9.47 Å². The normalized spacial score (nSPS) is 19.7. The molecule has 1 fully saturated rings. The summed E-state index contributed by atoms with van der Waals surface area (Å²) in [6.45, 7) is 7.45. The molecule has 0 unspecified atom stereocenters. The van der Waals surface area contributed by atoms with Gasteiger partial charge >= 0.3 is 0 Å². The van der Waals surface area contributed by atoms with E-state index in [9.17, 15) is 0 Å². The number of hydrogen-bond acceptors (Lipinski definition) is 3. The number of anilines is 1. The minimum atomic E-state index is -0.123. The molecule has 0 saturated heterocycles. The van der Waals surface area contributed by atoms with Gasteiger partial charge in [0.05, 0.1) is 6.54 Å². The Morgan fingerprint density at radius 2 is 1.81 bits per heavy atom. The van der Waals surface area contributed by atoms with Crippen molar-refractivity contribution in [2.45, 2.75) is 45.8 Å². The Kier molecular flexibility index (Phi) is 4.51. The van der Waals surface area contributed by atoms with E-state index in [0.29, 0.717) is 18.6 Å². The van der Waals surface area contributed by atoms with Gasteiger partial charge < -0.3 is 14.4 Å². The minimum Gasteiger partial charge on any atom is -0.366 e. The smallest absolute Gasteiger partial charge is 0.174 e. The number of rotatable bonds is 6. The summed E-state index contributed by atoms with van der Waals surface area (Å²) in [6.07, 6.45) is 5.17. The largest absolute Gasteiger partial charge is 0.366 e. The van der Waals surface area contributed by atoms with Crippen LogP contribution in [-0.2, 0) is 15.9 Å². The molecule has 1 aromatic carbocycles. The number of para-hydroxylation sites is 1. The molecule has 1 aromatic rings. The van der Waals surface area contributed by atoms with Crippen LogP contribution in [0.15, 0.2) is 24.3 Å². The maximum Gasteiger partial charge on any atom is 0.174 e. The van der Waals surface area contributed by atoms with Crippen molar-refractivity contribution < 1.29 is 9.47 Å². The molecule has 1 aliphatic heterocycles. The standard InChI is InChI=1S/C18H27NO2/c1-3-20-17(21-4-2)13-19-14-18(11-12-18)10-9-15-7-5-6-8-16(15)19/h5-8,17H,3-4,9-14H2,1-2H3. The van der Waals surface area contributed by atoms with Crippen molar-refractivity contribution in [3.8, 4) is 0 Å². The van der Waals surface area contributed by atoms with Gasteiger partial charge in [-0.15, -0.1) is 0 Å². The fourth-order valence-corrected chi connectivity index (χ4v) is 3.45. The number of fused-ring (bicyclic) bond motifs is 1. The second-order valence-corrected chi connectivity index (χ2v) is 6.35. The molecule has 0 atom stereocenters. The van der Waals surface area contributed by atoms with E-state index in [1.807, 2.05) is 13.8 Å². The zero-order valence-electron chi connectivity index (χ0n) is 13.3. The number of benzene rings is 1. The molecule has 1 saturated carbocycles. The maximum atomic E-state index is 5.77. The van der Waals surface area contributed by atoms with Crippen molar-refractivity contribution in [1.82, 2.24) is 0 Å². The van der Waals surface area contributed by atoms with Crippen molar-refractivity contribution in [1.29, 1.82) is 0 Å². The molecular weight excluding hydrogens is 262 g/mol. The molecule has 21 heavy (non-hydrogen) atoms. The van der Waals surface area contributed by atoms with Crippen LogP contribution in [0.5, 0.6) is 0 Å². The molecule has 0 amide bonds. The summed E-state index contributed by atoms with van der Waals surface area (Å²) >= 11 is 0. The van der Waals surface area contributed by atoms with Crippen molar-refractivity contribution in [2.75, 3.05) is 31.2 Å². The van der Waals surface area contributed by atoms with Gasteiger partial charge in [0.1, 0.15) is 0 Å². The van der Waals surface area contributed by atoms with Crippen molar-refractivity contribution in [3.63, 3.8) is 0 Å². The van der Waals surface area contributed by atoms with Gasteiger partial charge in [0, 0.05) is 25.4 Å². The van der Waals surface area contributed by atoms with E-state index < -0.39 is 0 Å². The molecule has 2 aliphatic rings. The van der Waals surface area contributed by atoms with Gasteiger partial charge in [-0.2, -0.15) is 0 Å². The van der Waals surface area contributed by atoms with Crippen LogP contribution in [-0.4, -0.2) is 32.6 Å². The lowest BCUT2D eigenvalue weighted by atomic mass is 9.99. The predicted octanol–water partition coefficient (Wildman–Crippen LogP) is 3.62. The van der Waals surface area contributed by atoms with Crippen LogP contribution >= 0.6 is 0 Å². The molecule has 0 radical (unpaired) electrons. The molecular formula is C18H27NO2. The Bertz CT molecular complexity index is 464. The highest BCUT2D eigenvalue weighted by Gasteiger charge is 2.45. The summed E-state index contributed by atoms with van der Waals surface area (Å²) < 4.78 is 11.5. The van der Waals surface area contributed by atoms with Gasteiger partial charge in [0.15, 0.2) is 6.29 Å². The molecule has 0 N–H and O–H groups in total. The average molecular weight is 289 g/mol. The highest BCUT2D eigenvalue weighted by Crippen LogP contribution is 2.52. The first-order valence-corrected chi connectivity index (χ1v) is 8.32. The van der Waals surface area contributed by atoms with E-state index >= 15 is 0 Å². The van der Waals surface area contributed by atoms with Gasteiger partial charge in [0.25, 0.3) is 0 Å². The first-order chi connectivity index (χ1) is 10.3. The van der Waals surface area contributed by atoms with Gasteiger partial charge in [-0.05, 0) is 56.6 Å². The van der Waals surface area contributed by atoms with Gasteiger partial charge in [-0.3, -0.25) is 0 Å². The summed E-state index contributed by atoms with van der Waals surface area (Å²) in [5.41, 5.74) is 3.42. The molecule has 3 rings (SSSR count). The SMILES string of the molecule is CCOC(CN1CC2(CCc3ccccc31)CC2)OCC. The quantitative estimate of drug-likeness (QED) is 0.747. The zero-order chi connectivity index (χ0) is 14.7. The summed E-state index contributed by atoms with van der Waals surface area (Å²) in [7, 11) is 0. The average Bonchev–Trinajstić information content (AvgIpc) is 3.27. The Hall–Kier alpha value is -1.06. The van der Waals surface area contributed by atoms with E-state index in [2.05, 4.69) is 29.2 Å². The molecule has 116 valence electrons. The van der Waals surface area contributed by atoms with Crippen LogP contribution in [0.3, 0.4) is 0 Å². The number of ether oxygens (including phenoxy) is 2. The number of nitrogens with zero attached hydrogens (tertiary/aromatic N) is 1. The third-order valence-electron chi connectivity index (χ3n) is 4.81. The molecule has 1 aliphatic carbocycles. The second kappa shape index (κ2) is 6.37. The van der Waals surface area contributed by atoms with Gasteiger partial charge in [0.2, 0.25) is 0 Å². The van der Waals surface area contributed by atoms with Crippen LogP contribution in [0.2, 0.25) is 0 Å². The molecule has 1 heterocycles. The Balaban J connectivity index is 1.80. The lowest BCUT2D eigenvalue weighted by molar-refractivity contribution is -0.129.